The number of carbonyl (C=O) groups excluding carboxylic acids is 1. The van der Waals surface area contributed by atoms with E-state index in [1.807, 2.05) is 19.1 Å². The van der Waals surface area contributed by atoms with Crippen LogP contribution in [0.4, 0.5) is 5.69 Å². The normalized spacial score (nSPS) is 18.0. The molecule has 138 valence electrons. The van der Waals surface area contributed by atoms with Gasteiger partial charge in [0.15, 0.2) is 0 Å². The van der Waals surface area contributed by atoms with Crippen molar-refractivity contribution in [3.63, 3.8) is 0 Å². The Morgan fingerprint density at radius 2 is 1.88 bits per heavy atom. The quantitative estimate of drug-likeness (QED) is 0.850. The molecule has 26 heavy (non-hydrogen) atoms. The molecule has 2 aromatic rings. The highest BCUT2D eigenvalue weighted by Gasteiger charge is 2.37. The fourth-order valence-electron chi connectivity index (χ4n) is 3.31. The van der Waals surface area contributed by atoms with Crippen molar-refractivity contribution in [2.75, 3.05) is 11.9 Å². The smallest absolute Gasteiger partial charge is 0.245 e. The molecule has 1 amide bonds. The Morgan fingerprint density at radius 3 is 2.54 bits per heavy atom. The molecule has 0 aliphatic carbocycles. The Bertz CT molecular complexity index is 926. The van der Waals surface area contributed by atoms with Crippen molar-refractivity contribution in [3.05, 3.63) is 58.6 Å². The molecular formula is C19H21ClN2O3S. The molecule has 0 spiro atoms. The average Bonchev–Trinajstić information content (AvgIpc) is 3.07. The molecule has 0 bridgehead atoms. The summed E-state index contributed by atoms with van der Waals surface area (Å²) in [7, 11) is -3.76. The van der Waals surface area contributed by atoms with Gasteiger partial charge in [0.2, 0.25) is 15.9 Å². The fraction of sp³-hybridized carbons (Fsp3) is 0.316. The van der Waals surface area contributed by atoms with E-state index in [4.69, 9.17) is 11.6 Å². The molecule has 5 nitrogen and oxygen atoms in total. The van der Waals surface area contributed by atoms with Gasteiger partial charge in [-0.1, -0.05) is 29.8 Å². The van der Waals surface area contributed by atoms with Gasteiger partial charge >= 0.3 is 0 Å². The molecule has 1 aliphatic heterocycles. The molecule has 3 rings (SSSR count). The third kappa shape index (κ3) is 3.77. The van der Waals surface area contributed by atoms with Crippen LogP contribution in [-0.4, -0.2) is 25.2 Å². The fourth-order valence-corrected chi connectivity index (χ4v) is 5.35. The van der Waals surface area contributed by atoms with Crippen LogP contribution >= 0.6 is 11.6 Å². The summed E-state index contributed by atoms with van der Waals surface area (Å²) in [5, 5.41) is 3.25. The van der Waals surface area contributed by atoms with Crippen LogP contribution in [-0.2, 0) is 14.8 Å². The standard InChI is InChI=1S/C19H21ClN2O3S/c1-13-5-10-17(21-14(2)23)19(12-13)26(24,25)22-11-3-4-18(22)15-6-8-16(20)9-7-15/h5-10,12,18H,3-4,11H2,1-2H3,(H,21,23)/t18-/m1/s1. The Labute approximate surface area is 159 Å². The molecule has 0 saturated carbocycles. The monoisotopic (exact) mass is 392 g/mol. The zero-order valence-corrected chi connectivity index (χ0v) is 16.3. The largest absolute Gasteiger partial charge is 0.325 e. The van der Waals surface area contributed by atoms with Crippen LogP contribution in [0.5, 0.6) is 0 Å². The minimum atomic E-state index is -3.76. The van der Waals surface area contributed by atoms with Crippen molar-refractivity contribution >= 4 is 33.2 Å². The number of rotatable bonds is 4. The molecule has 7 heteroatoms. The summed E-state index contributed by atoms with van der Waals surface area (Å²) in [4.78, 5) is 11.6. The van der Waals surface area contributed by atoms with Crippen LogP contribution in [0.2, 0.25) is 5.02 Å². The van der Waals surface area contributed by atoms with Crippen molar-refractivity contribution in [2.45, 2.75) is 37.6 Å². The third-order valence-corrected chi connectivity index (χ3v) is 6.69. The Kier molecular flexibility index (Phi) is 5.37. The van der Waals surface area contributed by atoms with Crippen molar-refractivity contribution in [3.8, 4) is 0 Å². The summed E-state index contributed by atoms with van der Waals surface area (Å²) in [5.74, 6) is -0.305. The lowest BCUT2D eigenvalue weighted by Crippen LogP contribution is -2.31. The first-order valence-electron chi connectivity index (χ1n) is 8.44. The number of hydrogen-bond acceptors (Lipinski definition) is 3. The average molecular weight is 393 g/mol. The first-order valence-corrected chi connectivity index (χ1v) is 10.3. The third-order valence-electron chi connectivity index (χ3n) is 4.49. The lowest BCUT2D eigenvalue weighted by Gasteiger charge is -2.26. The molecule has 0 radical (unpaired) electrons. The zero-order valence-electron chi connectivity index (χ0n) is 14.7. The summed E-state index contributed by atoms with van der Waals surface area (Å²) >= 11 is 5.96. The van der Waals surface area contributed by atoms with E-state index in [0.717, 1.165) is 24.0 Å². The van der Waals surface area contributed by atoms with Crippen molar-refractivity contribution < 1.29 is 13.2 Å². The molecule has 1 saturated heterocycles. The van der Waals surface area contributed by atoms with E-state index in [1.54, 1.807) is 30.3 Å². The van der Waals surface area contributed by atoms with E-state index >= 15 is 0 Å². The molecule has 1 fully saturated rings. The van der Waals surface area contributed by atoms with Crippen LogP contribution in [0.25, 0.3) is 0 Å². The Morgan fingerprint density at radius 1 is 1.19 bits per heavy atom. The van der Waals surface area contributed by atoms with Gasteiger partial charge in [0.1, 0.15) is 4.90 Å². The second-order valence-corrected chi connectivity index (χ2v) is 8.80. The number of carbonyl (C=O) groups is 1. The number of nitrogens with one attached hydrogen (secondary N) is 1. The second-order valence-electron chi connectivity index (χ2n) is 6.51. The first-order chi connectivity index (χ1) is 12.3. The van der Waals surface area contributed by atoms with E-state index < -0.39 is 10.0 Å². The number of hydrogen-bond donors (Lipinski definition) is 1. The predicted octanol–water partition coefficient (Wildman–Crippen LogP) is 4.13. The van der Waals surface area contributed by atoms with E-state index in [2.05, 4.69) is 5.32 Å². The molecule has 1 atom stereocenters. The van der Waals surface area contributed by atoms with Crippen LogP contribution < -0.4 is 5.32 Å². The number of halogens is 1. The maximum Gasteiger partial charge on any atom is 0.245 e. The summed E-state index contributed by atoms with van der Waals surface area (Å²) in [5.41, 5.74) is 2.05. The van der Waals surface area contributed by atoms with E-state index in [0.29, 0.717) is 17.3 Å². The first kappa shape index (κ1) is 18.9. The van der Waals surface area contributed by atoms with Crippen LogP contribution in [0.1, 0.15) is 36.9 Å². The number of aryl methyl sites for hydroxylation is 1. The number of benzene rings is 2. The molecule has 1 N–H and O–H groups in total. The minimum absolute atomic E-state index is 0.133. The molecule has 1 heterocycles. The minimum Gasteiger partial charge on any atom is -0.325 e. The van der Waals surface area contributed by atoms with E-state index in [1.165, 1.54) is 11.2 Å². The van der Waals surface area contributed by atoms with E-state index in [-0.39, 0.29) is 16.8 Å². The van der Waals surface area contributed by atoms with E-state index in [9.17, 15) is 13.2 Å². The summed E-state index contributed by atoms with van der Waals surface area (Å²) < 4.78 is 28.3. The Balaban J connectivity index is 2.03. The highest BCUT2D eigenvalue weighted by atomic mass is 35.5. The van der Waals surface area contributed by atoms with Gasteiger partial charge in [-0.2, -0.15) is 4.31 Å². The predicted molar refractivity (Wildman–Crippen MR) is 103 cm³/mol. The van der Waals surface area contributed by atoms with Gasteiger partial charge < -0.3 is 5.32 Å². The molecule has 0 aromatic heterocycles. The second kappa shape index (κ2) is 7.39. The van der Waals surface area contributed by atoms with Crippen molar-refractivity contribution in [1.29, 1.82) is 0 Å². The van der Waals surface area contributed by atoms with Gasteiger partial charge in [-0.3, -0.25) is 4.79 Å². The number of anilines is 1. The SMILES string of the molecule is CC(=O)Nc1ccc(C)cc1S(=O)(=O)N1CCC[C@@H]1c1ccc(Cl)cc1. The summed E-state index contributed by atoms with van der Waals surface area (Å²) in [6.45, 7) is 3.64. The molecular weight excluding hydrogens is 372 g/mol. The van der Waals surface area contributed by atoms with Gasteiger partial charge in [-0.05, 0) is 55.2 Å². The lowest BCUT2D eigenvalue weighted by molar-refractivity contribution is -0.114. The number of nitrogens with zero attached hydrogens (tertiary/aromatic N) is 1. The summed E-state index contributed by atoms with van der Waals surface area (Å²) in [6.07, 6.45) is 1.54. The molecule has 2 aromatic carbocycles. The number of sulfonamides is 1. The van der Waals surface area contributed by atoms with Crippen molar-refractivity contribution in [1.82, 2.24) is 4.31 Å². The maximum absolute atomic E-state index is 13.4. The lowest BCUT2D eigenvalue weighted by atomic mass is 10.1. The number of amides is 1. The Hall–Kier alpha value is -1.89. The molecule has 0 unspecified atom stereocenters. The highest BCUT2D eigenvalue weighted by molar-refractivity contribution is 7.89. The van der Waals surface area contributed by atoms with Crippen molar-refractivity contribution in [2.24, 2.45) is 0 Å². The van der Waals surface area contributed by atoms with Gasteiger partial charge in [0.05, 0.1) is 11.7 Å². The van der Waals surface area contributed by atoms with Crippen LogP contribution in [0.3, 0.4) is 0 Å². The molecule has 1 aliphatic rings. The van der Waals surface area contributed by atoms with Crippen LogP contribution in [0, 0.1) is 6.92 Å². The highest BCUT2D eigenvalue weighted by Crippen LogP contribution is 2.38. The van der Waals surface area contributed by atoms with Gasteiger partial charge in [-0.25, -0.2) is 8.42 Å². The zero-order chi connectivity index (χ0) is 18.9. The maximum atomic E-state index is 13.4. The van der Waals surface area contributed by atoms with Gasteiger partial charge in [-0.15, -0.1) is 0 Å². The van der Waals surface area contributed by atoms with Gasteiger partial charge in [0, 0.05) is 18.5 Å². The van der Waals surface area contributed by atoms with Gasteiger partial charge in [0.25, 0.3) is 0 Å². The van der Waals surface area contributed by atoms with Crippen LogP contribution in [0.15, 0.2) is 47.4 Å². The topological polar surface area (TPSA) is 66.5 Å². The summed E-state index contributed by atoms with van der Waals surface area (Å²) in [6, 6.07) is 12.1.